The van der Waals surface area contributed by atoms with Crippen LogP contribution in [0.2, 0.25) is 0 Å². The molecule has 2 saturated heterocycles. The second-order valence-electron chi connectivity index (χ2n) is 11.9. The van der Waals surface area contributed by atoms with Gasteiger partial charge in [0, 0.05) is 38.3 Å². The summed E-state index contributed by atoms with van der Waals surface area (Å²) >= 11 is 0. The summed E-state index contributed by atoms with van der Waals surface area (Å²) in [4.78, 5) is 18.6. The van der Waals surface area contributed by atoms with Gasteiger partial charge in [-0.3, -0.25) is 14.6 Å². The second-order valence-corrected chi connectivity index (χ2v) is 11.9. The van der Waals surface area contributed by atoms with Crippen molar-refractivity contribution >= 4 is 5.78 Å². The smallest absolute Gasteiger partial charge is 0.166 e. The van der Waals surface area contributed by atoms with E-state index in [1.165, 1.54) is 11.1 Å². The SMILES string of the molecule is CC1CCN(C(C)C(=O)C(C)N2CCC(C)C(NCc3ccccc3)CC2)CCC1NCc1ccccc1. The van der Waals surface area contributed by atoms with Crippen LogP contribution in [-0.2, 0) is 17.9 Å². The van der Waals surface area contributed by atoms with E-state index in [2.05, 4.69) is 109 Å². The van der Waals surface area contributed by atoms with Crippen LogP contribution < -0.4 is 10.6 Å². The van der Waals surface area contributed by atoms with Crippen molar-refractivity contribution in [2.24, 2.45) is 11.8 Å². The molecule has 0 bridgehead atoms. The molecule has 6 unspecified atom stereocenters. The minimum Gasteiger partial charge on any atom is -0.310 e. The monoisotopic (exact) mass is 518 g/mol. The van der Waals surface area contributed by atoms with Gasteiger partial charge in [0.05, 0.1) is 12.1 Å². The van der Waals surface area contributed by atoms with E-state index in [0.717, 1.165) is 65.0 Å². The van der Waals surface area contributed by atoms with Crippen LogP contribution in [0.4, 0.5) is 0 Å². The zero-order chi connectivity index (χ0) is 26.9. The molecule has 0 aromatic heterocycles. The Kier molecular flexibility index (Phi) is 10.9. The molecule has 2 aromatic carbocycles. The highest BCUT2D eigenvalue weighted by Crippen LogP contribution is 2.23. The van der Waals surface area contributed by atoms with Crippen LogP contribution in [0.1, 0.15) is 64.5 Å². The number of ketones is 1. The molecule has 0 amide bonds. The minimum atomic E-state index is -0.0299. The first kappa shape index (κ1) is 28.9. The molecular weight excluding hydrogens is 468 g/mol. The van der Waals surface area contributed by atoms with Gasteiger partial charge in [-0.05, 0) is 75.6 Å². The maximum Gasteiger partial charge on any atom is 0.166 e. The quantitative estimate of drug-likeness (QED) is 0.458. The lowest BCUT2D eigenvalue weighted by Gasteiger charge is -2.33. The summed E-state index contributed by atoms with van der Waals surface area (Å²) in [7, 11) is 0. The number of nitrogens with one attached hydrogen (secondary N) is 2. The fourth-order valence-electron chi connectivity index (χ4n) is 6.32. The molecular formula is C33H50N4O. The maximum absolute atomic E-state index is 13.7. The number of likely N-dealkylation sites (tertiary alicyclic amines) is 2. The molecule has 0 spiro atoms. The molecule has 2 N–H and O–H groups in total. The third kappa shape index (κ3) is 7.98. The highest BCUT2D eigenvalue weighted by Gasteiger charge is 2.33. The van der Waals surface area contributed by atoms with E-state index in [1.54, 1.807) is 0 Å². The average Bonchev–Trinajstić information content (AvgIpc) is 3.25. The van der Waals surface area contributed by atoms with Gasteiger partial charge in [0.2, 0.25) is 0 Å². The predicted molar refractivity (Wildman–Crippen MR) is 158 cm³/mol. The van der Waals surface area contributed by atoms with Gasteiger partial charge in [0.15, 0.2) is 5.78 Å². The zero-order valence-corrected chi connectivity index (χ0v) is 24.1. The lowest BCUT2D eigenvalue weighted by Crippen LogP contribution is -2.49. The fourth-order valence-corrected chi connectivity index (χ4v) is 6.32. The van der Waals surface area contributed by atoms with Crippen molar-refractivity contribution in [1.82, 2.24) is 20.4 Å². The number of carbonyl (C=O) groups excluding carboxylic acids is 1. The summed E-state index contributed by atoms with van der Waals surface area (Å²) in [5.74, 6) is 1.60. The van der Waals surface area contributed by atoms with Crippen LogP contribution >= 0.6 is 0 Å². The van der Waals surface area contributed by atoms with E-state index in [9.17, 15) is 4.79 Å². The van der Waals surface area contributed by atoms with Crippen LogP contribution in [0.15, 0.2) is 60.7 Å². The Morgan fingerprint density at radius 1 is 0.684 bits per heavy atom. The van der Waals surface area contributed by atoms with Crippen LogP contribution in [0.25, 0.3) is 0 Å². The van der Waals surface area contributed by atoms with Crippen molar-refractivity contribution < 1.29 is 4.79 Å². The number of hydrogen-bond acceptors (Lipinski definition) is 5. The molecule has 4 rings (SSSR count). The predicted octanol–water partition coefficient (Wildman–Crippen LogP) is 5.11. The molecule has 2 heterocycles. The molecule has 2 fully saturated rings. The lowest BCUT2D eigenvalue weighted by atomic mass is 9.97. The molecule has 0 radical (unpaired) electrons. The zero-order valence-electron chi connectivity index (χ0n) is 24.1. The van der Waals surface area contributed by atoms with Crippen molar-refractivity contribution in [3.05, 3.63) is 71.8 Å². The summed E-state index contributed by atoms with van der Waals surface area (Å²) in [5, 5.41) is 7.60. The van der Waals surface area contributed by atoms with Gasteiger partial charge >= 0.3 is 0 Å². The molecule has 5 nitrogen and oxygen atoms in total. The standard InChI is InChI=1S/C33H50N4O/c1-25-15-19-36(21-17-31(25)34-23-29-11-7-5-8-12-29)27(3)33(38)28(4)37-20-16-26(2)32(18-22-37)35-24-30-13-9-6-10-14-30/h5-14,25-28,31-32,34-35H,15-24H2,1-4H3. The number of carbonyl (C=O) groups is 1. The molecule has 38 heavy (non-hydrogen) atoms. The molecule has 208 valence electrons. The number of rotatable bonds is 10. The molecule has 2 aromatic rings. The molecule has 2 aliphatic heterocycles. The number of benzene rings is 2. The summed E-state index contributed by atoms with van der Waals surface area (Å²) in [6.07, 6.45) is 4.45. The average molecular weight is 519 g/mol. The Hall–Kier alpha value is -2.05. The van der Waals surface area contributed by atoms with Gasteiger partial charge in [0.25, 0.3) is 0 Å². The van der Waals surface area contributed by atoms with Gasteiger partial charge < -0.3 is 10.6 Å². The van der Waals surface area contributed by atoms with Crippen molar-refractivity contribution in [3.63, 3.8) is 0 Å². The van der Waals surface area contributed by atoms with Gasteiger partial charge in [-0.15, -0.1) is 0 Å². The fraction of sp³-hybridized carbons (Fsp3) is 0.606. The van der Waals surface area contributed by atoms with E-state index in [0.29, 0.717) is 29.7 Å². The van der Waals surface area contributed by atoms with Crippen molar-refractivity contribution in [2.45, 2.75) is 90.6 Å². The van der Waals surface area contributed by atoms with E-state index < -0.39 is 0 Å². The second kappa shape index (κ2) is 14.4. The summed E-state index contributed by atoms with van der Waals surface area (Å²) < 4.78 is 0. The Morgan fingerprint density at radius 3 is 1.45 bits per heavy atom. The normalized spacial score (nSPS) is 27.3. The molecule has 0 saturated carbocycles. The summed E-state index contributed by atoms with van der Waals surface area (Å²) in [5.41, 5.74) is 2.67. The van der Waals surface area contributed by atoms with Crippen molar-refractivity contribution in [2.75, 3.05) is 26.2 Å². The Balaban J connectivity index is 1.26. The lowest BCUT2D eigenvalue weighted by molar-refractivity contribution is -0.128. The first-order valence-corrected chi connectivity index (χ1v) is 15.0. The van der Waals surface area contributed by atoms with Crippen LogP contribution in [-0.4, -0.2) is 65.9 Å². The molecule has 6 atom stereocenters. The Morgan fingerprint density at radius 2 is 1.05 bits per heavy atom. The third-order valence-corrected chi connectivity index (χ3v) is 9.31. The Bertz CT molecular complexity index is 890. The Labute approximate surface area is 231 Å². The van der Waals surface area contributed by atoms with Gasteiger partial charge in [-0.25, -0.2) is 0 Å². The van der Waals surface area contributed by atoms with Crippen molar-refractivity contribution in [3.8, 4) is 0 Å². The first-order valence-electron chi connectivity index (χ1n) is 15.0. The van der Waals surface area contributed by atoms with Crippen LogP contribution in [0, 0.1) is 11.8 Å². The molecule has 0 aliphatic carbocycles. The number of nitrogens with zero attached hydrogens (tertiary/aromatic N) is 2. The summed E-state index contributed by atoms with van der Waals surface area (Å²) in [6.45, 7) is 14.8. The topological polar surface area (TPSA) is 47.6 Å². The van der Waals surface area contributed by atoms with Gasteiger partial charge in [-0.1, -0.05) is 74.5 Å². The van der Waals surface area contributed by atoms with Gasteiger partial charge in [-0.2, -0.15) is 0 Å². The van der Waals surface area contributed by atoms with E-state index >= 15 is 0 Å². The van der Waals surface area contributed by atoms with Crippen LogP contribution in [0.3, 0.4) is 0 Å². The maximum atomic E-state index is 13.7. The van der Waals surface area contributed by atoms with Crippen molar-refractivity contribution in [1.29, 1.82) is 0 Å². The van der Waals surface area contributed by atoms with Crippen LogP contribution in [0.5, 0.6) is 0 Å². The molecule has 2 aliphatic rings. The van der Waals surface area contributed by atoms with E-state index in [1.807, 2.05) is 0 Å². The number of hydrogen-bond donors (Lipinski definition) is 2. The third-order valence-electron chi connectivity index (χ3n) is 9.31. The highest BCUT2D eigenvalue weighted by molar-refractivity contribution is 5.88. The minimum absolute atomic E-state index is 0.0299. The van der Waals surface area contributed by atoms with Gasteiger partial charge in [0.1, 0.15) is 0 Å². The first-order chi connectivity index (χ1) is 18.4. The van der Waals surface area contributed by atoms with E-state index in [-0.39, 0.29) is 12.1 Å². The molecule has 5 heteroatoms. The highest BCUT2D eigenvalue weighted by atomic mass is 16.1. The van der Waals surface area contributed by atoms with E-state index in [4.69, 9.17) is 0 Å². The largest absolute Gasteiger partial charge is 0.310 e. The number of Topliss-reactive ketones (excluding diaryl/α,β-unsaturated/α-hetero) is 1. The summed E-state index contributed by atoms with van der Waals surface area (Å²) in [6, 6.07) is 22.3.